The van der Waals surface area contributed by atoms with E-state index in [0.29, 0.717) is 19.6 Å². The molecule has 1 aromatic carbocycles. The van der Waals surface area contributed by atoms with E-state index in [-0.39, 0.29) is 5.91 Å². The van der Waals surface area contributed by atoms with Crippen LogP contribution in [-0.2, 0) is 24.2 Å². The molecule has 0 radical (unpaired) electrons. The summed E-state index contributed by atoms with van der Waals surface area (Å²) in [6, 6.07) is 9.68. The van der Waals surface area contributed by atoms with Crippen molar-refractivity contribution in [2.75, 3.05) is 6.54 Å². The van der Waals surface area contributed by atoms with Crippen molar-refractivity contribution in [3.8, 4) is 5.75 Å². The Kier molecular flexibility index (Phi) is 6.07. The first-order chi connectivity index (χ1) is 12.6. The summed E-state index contributed by atoms with van der Waals surface area (Å²) >= 11 is 1.67. The second-order valence-corrected chi connectivity index (χ2v) is 6.92. The summed E-state index contributed by atoms with van der Waals surface area (Å²) in [6.45, 7) is 4.85. The smallest absolute Gasteiger partial charge is 0.224 e. The monoisotopic (exact) mass is 370 g/mol. The topological polar surface area (TPSA) is 64.4 Å². The van der Waals surface area contributed by atoms with E-state index in [1.54, 1.807) is 11.3 Å². The highest BCUT2D eigenvalue weighted by molar-refractivity contribution is 7.07. The van der Waals surface area contributed by atoms with Gasteiger partial charge in [0.2, 0.25) is 5.91 Å². The maximum Gasteiger partial charge on any atom is 0.224 e. The Morgan fingerprint density at radius 2 is 2.00 bits per heavy atom. The number of nitrogens with one attached hydrogen (secondary N) is 1. The van der Waals surface area contributed by atoms with Crippen LogP contribution in [0.5, 0.6) is 5.75 Å². The molecule has 0 aliphatic rings. The maximum absolute atomic E-state index is 12.0. The van der Waals surface area contributed by atoms with E-state index in [2.05, 4.69) is 21.9 Å². The number of hydrogen-bond acceptors (Lipinski definition) is 5. The normalized spacial score (nSPS) is 10.7. The van der Waals surface area contributed by atoms with Gasteiger partial charge < -0.3 is 14.6 Å². The Bertz CT molecular complexity index is 819. The predicted molar refractivity (Wildman–Crippen MR) is 101 cm³/mol. The van der Waals surface area contributed by atoms with E-state index >= 15 is 0 Å². The van der Waals surface area contributed by atoms with Gasteiger partial charge in [-0.3, -0.25) is 4.79 Å². The van der Waals surface area contributed by atoms with Gasteiger partial charge in [-0.2, -0.15) is 11.3 Å². The molecule has 3 aromatic rings. The SMILES string of the molecule is Cc1noc(C)c1COc1ccc(CC(=O)NCCc2ccsc2)cc1. The van der Waals surface area contributed by atoms with Crippen molar-refractivity contribution in [1.29, 1.82) is 0 Å². The number of benzene rings is 1. The van der Waals surface area contributed by atoms with E-state index in [4.69, 9.17) is 9.26 Å². The van der Waals surface area contributed by atoms with E-state index < -0.39 is 0 Å². The van der Waals surface area contributed by atoms with E-state index in [0.717, 1.165) is 34.8 Å². The van der Waals surface area contributed by atoms with Crippen LogP contribution < -0.4 is 10.1 Å². The number of aromatic nitrogens is 1. The summed E-state index contributed by atoms with van der Waals surface area (Å²) in [5, 5.41) is 11.0. The first-order valence-electron chi connectivity index (χ1n) is 8.53. The van der Waals surface area contributed by atoms with Crippen molar-refractivity contribution in [3.05, 3.63) is 69.2 Å². The number of thiophene rings is 1. The number of aryl methyl sites for hydroxylation is 2. The van der Waals surface area contributed by atoms with Gasteiger partial charge in [0.15, 0.2) is 0 Å². The summed E-state index contributed by atoms with van der Waals surface area (Å²) < 4.78 is 10.9. The van der Waals surface area contributed by atoms with E-state index in [1.165, 1.54) is 5.56 Å². The van der Waals surface area contributed by atoms with Crippen molar-refractivity contribution in [2.45, 2.75) is 33.3 Å². The van der Waals surface area contributed by atoms with E-state index in [1.807, 2.05) is 43.5 Å². The van der Waals surface area contributed by atoms with Gasteiger partial charge in [0.1, 0.15) is 18.1 Å². The lowest BCUT2D eigenvalue weighted by atomic mass is 10.1. The standard InChI is InChI=1S/C20H22N2O3S/c1-14-19(15(2)25-22-14)12-24-18-5-3-16(4-6-18)11-20(23)21-9-7-17-8-10-26-13-17/h3-6,8,10,13H,7,9,11-12H2,1-2H3,(H,21,23). The van der Waals surface area contributed by atoms with Gasteiger partial charge in [-0.25, -0.2) is 0 Å². The van der Waals surface area contributed by atoms with Crippen LogP contribution >= 0.6 is 11.3 Å². The molecule has 5 nitrogen and oxygen atoms in total. The second kappa shape index (κ2) is 8.67. The van der Waals surface area contributed by atoms with Crippen molar-refractivity contribution in [1.82, 2.24) is 10.5 Å². The lowest BCUT2D eigenvalue weighted by molar-refractivity contribution is -0.120. The molecule has 0 unspecified atom stereocenters. The molecule has 2 aromatic heterocycles. The summed E-state index contributed by atoms with van der Waals surface area (Å²) in [5.41, 5.74) is 4.04. The molecule has 0 aliphatic carbocycles. The third-order valence-electron chi connectivity index (χ3n) is 4.17. The van der Waals surface area contributed by atoms with Crippen LogP contribution in [0.25, 0.3) is 0 Å². The van der Waals surface area contributed by atoms with Crippen LogP contribution in [0, 0.1) is 13.8 Å². The molecule has 136 valence electrons. The lowest BCUT2D eigenvalue weighted by Crippen LogP contribution is -2.27. The molecule has 0 fully saturated rings. The molecule has 0 saturated carbocycles. The third kappa shape index (κ3) is 4.95. The molecule has 0 saturated heterocycles. The summed E-state index contributed by atoms with van der Waals surface area (Å²) in [5.74, 6) is 1.56. The largest absolute Gasteiger partial charge is 0.489 e. The molecule has 0 spiro atoms. The zero-order valence-corrected chi connectivity index (χ0v) is 15.8. The summed E-state index contributed by atoms with van der Waals surface area (Å²) in [6.07, 6.45) is 1.23. The Morgan fingerprint density at radius 3 is 2.65 bits per heavy atom. The Balaban J connectivity index is 1.44. The molecule has 26 heavy (non-hydrogen) atoms. The van der Waals surface area contributed by atoms with Crippen molar-refractivity contribution in [2.24, 2.45) is 0 Å². The zero-order valence-electron chi connectivity index (χ0n) is 15.0. The number of amides is 1. The average molecular weight is 370 g/mol. The number of carbonyl (C=O) groups is 1. The van der Waals surface area contributed by atoms with E-state index in [9.17, 15) is 4.79 Å². The van der Waals surface area contributed by atoms with Crippen molar-refractivity contribution >= 4 is 17.2 Å². The Morgan fingerprint density at radius 1 is 1.19 bits per heavy atom. The van der Waals surface area contributed by atoms with Gasteiger partial charge in [0, 0.05) is 6.54 Å². The number of hydrogen-bond donors (Lipinski definition) is 1. The highest BCUT2D eigenvalue weighted by Crippen LogP contribution is 2.18. The lowest BCUT2D eigenvalue weighted by Gasteiger charge is -2.08. The first-order valence-corrected chi connectivity index (χ1v) is 9.47. The quantitative estimate of drug-likeness (QED) is 0.654. The van der Waals surface area contributed by atoms with Gasteiger partial charge in [0.05, 0.1) is 17.7 Å². The highest BCUT2D eigenvalue weighted by atomic mass is 32.1. The molecule has 0 atom stereocenters. The summed E-state index contributed by atoms with van der Waals surface area (Å²) in [4.78, 5) is 12.0. The van der Waals surface area contributed by atoms with Crippen LogP contribution in [0.3, 0.4) is 0 Å². The molecule has 3 rings (SSSR count). The molecule has 2 heterocycles. The molecule has 0 bridgehead atoms. The molecular weight excluding hydrogens is 348 g/mol. The van der Waals surface area contributed by atoms with Gasteiger partial charge in [-0.15, -0.1) is 0 Å². The van der Waals surface area contributed by atoms with Crippen LogP contribution in [0.2, 0.25) is 0 Å². The predicted octanol–water partition coefficient (Wildman–Crippen LogP) is 3.83. The highest BCUT2D eigenvalue weighted by Gasteiger charge is 2.10. The van der Waals surface area contributed by atoms with Crippen LogP contribution in [0.15, 0.2) is 45.6 Å². The fourth-order valence-corrected chi connectivity index (χ4v) is 3.30. The maximum atomic E-state index is 12.0. The minimum Gasteiger partial charge on any atom is -0.489 e. The molecular formula is C20H22N2O3S. The number of carbonyl (C=O) groups excluding carboxylic acids is 1. The van der Waals surface area contributed by atoms with Crippen LogP contribution in [0.4, 0.5) is 0 Å². The fraction of sp³-hybridized carbons (Fsp3) is 0.300. The molecule has 1 N–H and O–H groups in total. The zero-order chi connectivity index (χ0) is 18.4. The molecule has 0 aliphatic heterocycles. The van der Waals surface area contributed by atoms with Gasteiger partial charge in [0.25, 0.3) is 0 Å². The number of rotatable bonds is 8. The van der Waals surface area contributed by atoms with Gasteiger partial charge in [-0.1, -0.05) is 17.3 Å². The van der Waals surface area contributed by atoms with Gasteiger partial charge >= 0.3 is 0 Å². The number of nitrogens with zero attached hydrogens (tertiary/aromatic N) is 1. The fourth-order valence-electron chi connectivity index (χ4n) is 2.60. The second-order valence-electron chi connectivity index (χ2n) is 6.14. The summed E-state index contributed by atoms with van der Waals surface area (Å²) in [7, 11) is 0. The molecule has 6 heteroatoms. The first kappa shape index (κ1) is 18.2. The van der Waals surface area contributed by atoms with Crippen molar-refractivity contribution < 1.29 is 14.1 Å². The van der Waals surface area contributed by atoms with Crippen molar-refractivity contribution in [3.63, 3.8) is 0 Å². The Hall–Kier alpha value is -2.60. The Labute approximate surface area is 157 Å². The minimum atomic E-state index is 0.0321. The van der Waals surface area contributed by atoms with Crippen LogP contribution in [-0.4, -0.2) is 17.6 Å². The average Bonchev–Trinajstić information content (AvgIpc) is 3.25. The minimum absolute atomic E-state index is 0.0321. The molecule has 1 amide bonds. The van der Waals surface area contributed by atoms with Gasteiger partial charge in [-0.05, 0) is 60.4 Å². The third-order valence-corrected chi connectivity index (χ3v) is 4.90. The van der Waals surface area contributed by atoms with Crippen LogP contribution in [0.1, 0.15) is 28.1 Å². The number of ether oxygens (including phenoxy) is 1.